The van der Waals surface area contributed by atoms with Gasteiger partial charge in [-0.25, -0.2) is 0 Å². The molecule has 0 radical (unpaired) electrons. The molecule has 0 heterocycles. The Kier molecular flexibility index (Phi) is 5.44. The smallest absolute Gasteiger partial charge is 0.0671 e. The first kappa shape index (κ1) is 12.3. The first-order valence-corrected chi connectivity index (χ1v) is 6.14. The van der Waals surface area contributed by atoms with Crippen LogP contribution in [0.2, 0.25) is 0 Å². The third kappa shape index (κ3) is 4.50. The topological polar surface area (TPSA) is 40.1 Å². The zero-order chi connectivity index (χ0) is 11.1. The summed E-state index contributed by atoms with van der Waals surface area (Å²) in [5.74, 6) is -0.260. The lowest BCUT2D eigenvalue weighted by atomic mass is 9.86. The predicted octanol–water partition coefficient (Wildman–Crippen LogP) is 2.43. The van der Waals surface area contributed by atoms with Crippen LogP contribution in [0.4, 0.5) is 0 Å². The minimum absolute atomic E-state index is 0.514. The summed E-state index contributed by atoms with van der Waals surface area (Å²) in [7, 11) is 0. The van der Waals surface area contributed by atoms with Crippen molar-refractivity contribution in [3.05, 3.63) is 11.6 Å². The molecule has 0 fully saturated rings. The number of aliphatic carboxylic acids is 1. The summed E-state index contributed by atoms with van der Waals surface area (Å²) in [6.07, 6.45) is 11.0. The van der Waals surface area contributed by atoms with E-state index in [1.54, 1.807) is 0 Å². The Morgan fingerprint density at radius 2 is 2.27 bits per heavy atom. The Hall–Kier alpha value is -0.790. The highest BCUT2D eigenvalue weighted by molar-refractivity contribution is 5.84. The van der Waals surface area contributed by atoms with Gasteiger partial charge in [0.25, 0.3) is 0 Å². The Labute approximate surface area is 92.4 Å². The van der Waals surface area contributed by atoms with Crippen LogP contribution in [0.25, 0.3) is 0 Å². The predicted molar refractivity (Wildman–Crippen MR) is 59.2 cm³/mol. The molecule has 86 valence electrons. The molecule has 0 aromatic carbocycles. The average Bonchev–Trinajstić information content (AvgIpc) is 2.25. The number of carbonyl (C=O) groups excluding carboxylic acids is 1. The fourth-order valence-electron chi connectivity index (χ4n) is 2.20. The largest absolute Gasteiger partial charge is 0.545 e. The van der Waals surface area contributed by atoms with Gasteiger partial charge in [0, 0.05) is 0 Å². The fourth-order valence-corrected chi connectivity index (χ4v) is 2.20. The number of allylic oxidation sites excluding steroid dienone is 1. The van der Waals surface area contributed by atoms with E-state index >= 15 is 0 Å². The molecule has 1 aliphatic rings. The molecule has 15 heavy (non-hydrogen) atoms. The van der Waals surface area contributed by atoms with Gasteiger partial charge in [-0.15, -0.1) is 0 Å². The maximum atomic E-state index is 10.6. The summed E-state index contributed by atoms with van der Waals surface area (Å²) in [5, 5.41) is 10.6. The van der Waals surface area contributed by atoms with Crippen LogP contribution in [0.5, 0.6) is 0 Å². The quantitative estimate of drug-likeness (QED) is 0.630. The fraction of sp³-hybridized carbons (Fsp3) is 0.769. The lowest BCUT2D eigenvalue weighted by Gasteiger charge is -2.22. The monoisotopic (exact) mass is 209 g/mol. The number of carbonyl (C=O) groups is 1. The average molecular weight is 209 g/mol. The molecule has 0 saturated carbocycles. The van der Waals surface area contributed by atoms with E-state index in [1.807, 2.05) is 6.08 Å². The molecule has 1 atom stereocenters. The van der Waals surface area contributed by atoms with Crippen LogP contribution in [0.1, 0.15) is 58.3 Å². The molecule has 1 aliphatic carbocycles. The molecule has 1 rings (SSSR count). The van der Waals surface area contributed by atoms with Gasteiger partial charge >= 0.3 is 0 Å². The van der Waals surface area contributed by atoms with E-state index in [2.05, 4.69) is 6.92 Å². The van der Waals surface area contributed by atoms with Gasteiger partial charge in [-0.05, 0) is 30.8 Å². The van der Waals surface area contributed by atoms with Crippen LogP contribution in [0.15, 0.2) is 11.6 Å². The zero-order valence-electron chi connectivity index (χ0n) is 9.63. The van der Waals surface area contributed by atoms with Crippen molar-refractivity contribution in [2.45, 2.75) is 58.3 Å². The molecule has 0 amide bonds. The molecule has 2 heteroatoms. The highest BCUT2D eigenvalue weighted by atomic mass is 16.4. The first-order chi connectivity index (χ1) is 7.24. The number of hydrogen-bond acceptors (Lipinski definition) is 2. The van der Waals surface area contributed by atoms with Crippen LogP contribution < -0.4 is 5.11 Å². The summed E-state index contributed by atoms with van der Waals surface area (Å²) in [5.41, 5.74) is 0.514. The minimum atomic E-state index is -0.973. The van der Waals surface area contributed by atoms with Gasteiger partial charge in [0.05, 0.1) is 5.97 Å². The third-order valence-corrected chi connectivity index (χ3v) is 3.25. The van der Waals surface area contributed by atoms with E-state index in [1.165, 1.54) is 32.1 Å². The molecule has 0 aromatic heterocycles. The van der Waals surface area contributed by atoms with E-state index in [0.717, 1.165) is 12.8 Å². The standard InChI is InChI=1S/C13H22O2/c1-2-3-4-5-6-11-7-9-12(10-8-11)13(14)15/h9,11H,2-8,10H2,1H3,(H,14,15)/p-1/t11-/m1/s1. The number of carboxylic acid groups (broad SMARTS) is 1. The van der Waals surface area contributed by atoms with Gasteiger partial charge in [-0.1, -0.05) is 45.1 Å². The third-order valence-electron chi connectivity index (χ3n) is 3.25. The van der Waals surface area contributed by atoms with Gasteiger partial charge in [0.1, 0.15) is 0 Å². The van der Waals surface area contributed by atoms with Crippen molar-refractivity contribution in [2.24, 2.45) is 5.92 Å². The van der Waals surface area contributed by atoms with Gasteiger partial charge in [-0.2, -0.15) is 0 Å². The summed E-state index contributed by atoms with van der Waals surface area (Å²) in [6.45, 7) is 2.22. The van der Waals surface area contributed by atoms with E-state index in [-0.39, 0.29) is 0 Å². The highest BCUT2D eigenvalue weighted by Crippen LogP contribution is 2.27. The van der Waals surface area contributed by atoms with E-state index < -0.39 is 5.97 Å². The number of carboxylic acids is 1. The highest BCUT2D eigenvalue weighted by Gasteiger charge is 2.14. The molecule has 0 saturated heterocycles. The Bertz CT molecular complexity index is 231. The van der Waals surface area contributed by atoms with Gasteiger partial charge in [0.15, 0.2) is 0 Å². The van der Waals surface area contributed by atoms with Crippen LogP contribution in [0.3, 0.4) is 0 Å². The summed E-state index contributed by atoms with van der Waals surface area (Å²) in [6, 6.07) is 0. The molecule has 0 aromatic rings. The maximum Gasteiger partial charge on any atom is 0.0671 e. The Morgan fingerprint density at radius 1 is 1.47 bits per heavy atom. The van der Waals surface area contributed by atoms with Crippen LogP contribution in [0, 0.1) is 5.92 Å². The van der Waals surface area contributed by atoms with Gasteiger partial charge in [0.2, 0.25) is 0 Å². The molecular weight excluding hydrogens is 188 g/mol. The molecule has 0 bridgehead atoms. The van der Waals surface area contributed by atoms with Gasteiger partial charge in [-0.3, -0.25) is 0 Å². The molecule has 0 spiro atoms. The van der Waals surface area contributed by atoms with Crippen molar-refractivity contribution in [2.75, 3.05) is 0 Å². The summed E-state index contributed by atoms with van der Waals surface area (Å²) >= 11 is 0. The zero-order valence-corrected chi connectivity index (χ0v) is 9.63. The van der Waals surface area contributed by atoms with Crippen molar-refractivity contribution in [3.63, 3.8) is 0 Å². The molecular formula is C13H21O2-. The molecule has 0 N–H and O–H groups in total. The van der Waals surface area contributed by atoms with Crippen LogP contribution >= 0.6 is 0 Å². The van der Waals surface area contributed by atoms with Crippen LogP contribution in [-0.4, -0.2) is 5.97 Å². The van der Waals surface area contributed by atoms with Crippen molar-refractivity contribution < 1.29 is 9.90 Å². The van der Waals surface area contributed by atoms with E-state index in [4.69, 9.17) is 0 Å². The first-order valence-electron chi connectivity index (χ1n) is 6.14. The number of unbranched alkanes of at least 4 members (excludes halogenated alkanes) is 3. The summed E-state index contributed by atoms with van der Waals surface area (Å²) in [4.78, 5) is 10.6. The molecule has 0 aliphatic heterocycles. The lowest BCUT2D eigenvalue weighted by molar-refractivity contribution is -0.299. The van der Waals surface area contributed by atoms with E-state index in [9.17, 15) is 9.90 Å². The van der Waals surface area contributed by atoms with Gasteiger partial charge < -0.3 is 9.90 Å². The minimum Gasteiger partial charge on any atom is -0.545 e. The van der Waals surface area contributed by atoms with Crippen molar-refractivity contribution in [3.8, 4) is 0 Å². The number of hydrogen-bond donors (Lipinski definition) is 0. The van der Waals surface area contributed by atoms with Crippen molar-refractivity contribution >= 4 is 5.97 Å². The van der Waals surface area contributed by atoms with Crippen LogP contribution in [-0.2, 0) is 4.79 Å². The summed E-state index contributed by atoms with van der Waals surface area (Å²) < 4.78 is 0. The molecule has 2 nitrogen and oxygen atoms in total. The normalized spacial score (nSPS) is 21.1. The Morgan fingerprint density at radius 3 is 2.80 bits per heavy atom. The lowest BCUT2D eigenvalue weighted by Crippen LogP contribution is -2.26. The Balaban J connectivity index is 2.17. The second-order valence-corrected chi connectivity index (χ2v) is 4.51. The number of rotatable bonds is 6. The van der Waals surface area contributed by atoms with E-state index in [0.29, 0.717) is 17.9 Å². The second kappa shape index (κ2) is 6.65. The molecule has 0 unspecified atom stereocenters. The van der Waals surface area contributed by atoms with Crippen molar-refractivity contribution in [1.82, 2.24) is 0 Å². The SMILES string of the molecule is CCCCCC[C@@H]1CC=C(C(=O)[O-])CC1. The maximum absolute atomic E-state index is 10.6. The van der Waals surface area contributed by atoms with Crippen molar-refractivity contribution in [1.29, 1.82) is 0 Å². The second-order valence-electron chi connectivity index (χ2n) is 4.51.